The van der Waals surface area contributed by atoms with E-state index in [1.807, 2.05) is 6.20 Å². The maximum Gasteiger partial charge on any atom is 0.152 e. The molecule has 0 saturated heterocycles. The Hall–Kier alpha value is -0.790. The molecule has 0 aliphatic carbocycles. The first-order chi connectivity index (χ1) is 5.50. The van der Waals surface area contributed by atoms with E-state index in [1.54, 1.807) is 0 Å². The summed E-state index contributed by atoms with van der Waals surface area (Å²) in [5.74, 6) is 0.343. The number of nitrogens with zero attached hydrogens (tertiary/aromatic N) is 1. The van der Waals surface area contributed by atoms with Crippen LogP contribution in [0, 0.1) is 0 Å². The van der Waals surface area contributed by atoms with Crippen LogP contribution in [0.4, 0.5) is 0 Å². The first-order valence-corrected chi connectivity index (χ1v) is 4.45. The highest BCUT2D eigenvalue weighted by atomic mass is 16.1. The molecule has 0 fully saturated rings. The largest absolute Gasteiger partial charge is 0.366 e. The highest BCUT2D eigenvalue weighted by Crippen LogP contribution is 2.16. The van der Waals surface area contributed by atoms with Gasteiger partial charge < -0.3 is 4.90 Å². The van der Waals surface area contributed by atoms with Crippen molar-refractivity contribution in [3.8, 4) is 0 Å². The number of Topliss-reactive ketones (excluding diaryl/α,β-unsaturated/α-hetero) is 1. The molecule has 0 aromatic carbocycles. The van der Waals surface area contributed by atoms with Crippen molar-refractivity contribution in [2.75, 3.05) is 6.54 Å². The molecular weight excluding hydrogens is 150 g/mol. The van der Waals surface area contributed by atoms with Crippen LogP contribution in [0.3, 0.4) is 0 Å². The van der Waals surface area contributed by atoms with Gasteiger partial charge in [0.15, 0.2) is 5.78 Å². The smallest absolute Gasteiger partial charge is 0.152 e. The lowest BCUT2D eigenvalue weighted by Gasteiger charge is -2.33. The van der Waals surface area contributed by atoms with E-state index < -0.39 is 0 Å². The van der Waals surface area contributed by atoms with Crippen LogP contribution in [-0.2, 0) is 4.79 Å². The monoisotopic (exact) mass is 167 g/mol. The van der Waals surface area contributed by atoms with E-state index in [-0.39, 0.29) is 5.54 Å². The molecule has 1 aliphatic rings. The first-order valence-electron chi connectivity index (χ1n) is 4.45. The minimum Gasteiger partial charge on any atom is -0.366 e. The number of allylic oxidation sites excluding steroid dienone is 1. The molecule has 0 unspecified atom stereocenters. The van der Waals surface area contributed by atoms with E-state index in [4.69, 9.17) is 0 Å². The summed E-state index contributed by atoms with van der Waals surface area (Å²) < 4.78 is 0. The van der Waals surface area contributed by atoms with Gasteiger partial charge in [0.05, 0.1) is 6.54 Å². The molecule has 0 aromatic heterocycles. The summed E-state index contributed by atoms with van der Waals surface area (Å²) in [7, 11) is 0. The fraction of sp³-hybridized carbons (Fsp3) is 0.700. The van der Waals surface area contributed by atoms with Crippen LogP contribution in [0.2, 0.25) is 0 Å². The number of hydrogen-bond acceptors (Lipinski definition) is 2. The molecular formula is C10H17NO. The van der Waals surface area contributed by atoms with Crippen molar-refractivity contribution >= 4 is 5.78 Å². The zero-order valence-electron chi connectivity index (χ0n) is 8.13. The molecule has 0 N–H and O–H groups in total. The predicted molar refractivity (Wildman–Crippen MR) is 49.8 cm³/mol. The zero-order chi connectivity index (χ0) is 9.19. The van der Waals surface area contributed by atoms with Crippen molar-refractivity contribution in [2.45, 2.75) is 39.2 Å². The second kappa shape index (κ2) is 3.30. The van der Waals surface area contributed by atoms with Gasteiger partial charge in [-0.2, -0.15) is 0 Å². The topological polar surface area (TPSA) is 20.3 Å². The first kappa shape index (κ1) is 9.30. The van der Waals surface area contributed by atoms with Crippen molar-refractivity contribution in [1.82, 2.24) is 4.90 Å². The lowest BCUT2D eigenvalue weighted by Crippen LogP contribution is -2.39. The minimum absolute atomic E-state index is 0.0660. The van der Waals surface area contributed by atoms with Gasteiger partial charge in [0, 0.05) is 12.0 Å². The van der Waals surface area contributed by atoms with Gasteiger partial charge in [0.2, 0.25) is 0 Å². The van der Waals surface area contributed by atoms with Gasteiger partial charge in [0.1, 0.15) is 0 Å². The van der Waals surface area contributed by atoms with Crippen molar-refractivity contribution in [1.29, 1.82) is 0 Å². The van der Waals surface area contributed by atoms with Gasteiger partial charge in [-0.3, -0.25) is 4.79 Å². The van der Waals surface area contributed by atoms with Crippen LogP contribution in [0.1, 0.15) is 33.6 Å². The Kier molecular flexibility index (Phi) is 2.55. The Morgan fingerprint density at radius 3 is 2.67 bits per heavy atom. The Labute approximate surface area is 74.2 Å². The van der Waals surface area contributed by atoms with Crippen LogP contribution < -0.4 is 0 Å². The number of carbonyl (C=O) groups excluding carboxylic acids is 1. The Morgan fingerprint density at radius 2 is 2.08 bits per heavy atom. The summed E-state index contributed by atoms with van der Waals surface area (Å²) in [6.07, 6.45) is 5.72. The van der Waals surface area contributed by atoms with Crippen LogP contribution in [0.25, 0.3) is 0 Å². The molecule has 0 aromatic rings. The lowest BCUT2D eigenvalue weighted by molar-refractivity contribution is -0.120. The molecule has 0 saturated carbocycles. The number of rotatable bonds is 0. The molecule has 0 amide bonds. The van der Waals surface area contributed by atoms with Gasteiger partial charge in [-0.05, 0) is 33.4 Å². The summed E-state index contributed by atoms with van der Waals surface area (Å²) in [5, 5.41) is 0. The third-order valence-electron chi connectivity index (χ3n) is 2.08. The Bertz CT molecular complexity index is 200. The molecule has 1 rings (SSSR count). The summed E-state index contributed by atoms with van der Waals surface area (Å²) >= 11 is 0. The summed E-state index contributed by atoms with van der Waals surface area (Å²) in [5.41, 5.74) is 0.0660. The van der Waals surface area contributed by atoms with Gasteiger partial charge in [0.25, 0.3) is 0 Å². The van der Waals surface area contributed by atoms with E-state index >= 15 is 0 Å². The molecule has 1 heterocycles. The van der Waals surface area contributed by atoms with E-state index in [2.05, 4.69) is 31.7 Å². The highest BCUT2D eigenvalue weighted by molar-refractivity contribution is 5.81. The van der Waals surface area contributed by atoms with Gasteiger partial charge in [-0.1, -0.05) is 6.08 Å². The molecule has 0 atom stereocenters. The van der Waals surface area contributed by atoms with Gasteiger partial charge >= 0.3 is 0 Å². The number of hydrogen-bond donors (Lipinski definition) is 0. The van der Waals surface area contributed by atoms with E-state index in [9.17, 15) is 4.79 Å². The average molecular weight is 167 g/mol. The fourth-order valence-corrected chi connectivity index (χ4v) is 1.23. The molecule has 0 spiro atoms. The van der Waals surface area contributed by atoms with E-state index in [1.165, 1.54) is 0 Å². The van der Waals surface area contributed by atoms with Gasteiger partial charge in [-0.15, -0.1) is 0 Å². The minimum atomic E-state index is 0.0660. The standard InChI is InChI=1S/C10H17NO/c1-10(2,3)11-7-5-4-6-9(12)8-11/h5,7H,4,6,8H2,1-3H3. The predicted octanol–water partition coefficient (Wildman–Crippen LogP) is 1.96. The van der Waals surface area contributed by atoms with Crippen molar-refractivity contribution < 1.29 is 4.79 Å². The maximum absolute atomic E-state index is 11.3. The average Bonchev–Trinajstić information content (AvgIpc) is 2.11. The third kappa shape index (κ3) is 2.36. The van der Waals surface area contributed by atoms with Crippen LogP contribution in [-0.4, -0.2) is 22.8 Å². The maximum atomic E-state index is 11.3. The molecule has 0 bridgehead atoms. The number of ketones is 1. The van der Waals surface area contributed by atoms with E-state index in [0.29, 0.717) is 18.7 Å². The molecule has 0 radical (unpaired) electrons. The molecule has 68 valence electrons. The highest BCUT2D eigenvalue weighted by Gasteiger charge is 2.21. The fourth-order valence-electron chi connectivity index (χ4n) is 1.23. The Balaban J connectivity index is 2.69. The molecule has 2 nitrogen and oxygen atoms in total. The SMILES string of the molecule is CC(C)(C)N1C=CCCC(=O)C1. The third-order valence-corrected chi connectivity index (χ3v) is 2.08. The second-order valence-corrected chi connectivity index (χ2v) is 4.26. The Morgan fingerprint density at radius 1 is 1.42 bits per heavy atom. The van der Waals surface area contributed by atoms with E-state index in [0.717, 1.165) is 6.42 Å². The van der Waals surface area contributed by atoms with Crippen molar-refractivity contribution in [3.05, 3.63) is 12.3 Å². The number of carbonyl (C=O) groups is 1. The summed E-state index contributed by atoms with van der Waals surface area (Å²) in [4.78, 5) is 13.4. The molecule has 12 heavy (non-hydrogen) atoms. The second-order valence-electron chi connectivity index (χ2n) is 4.26. The summed E-state index contributed by atoms with van der Waals surface area (Å²) in [6, 6.07) is 0. The van der Waals surface area contributed by atoms with Crippen molar-refractivity contribution in [3.63, 3.8) is 0 Å². The quantitative estimate of drug-likeness (QED) is 0.549. The van der Waals surface area contributed by atoms with Crippen LogP contribution >= 0.6 is 0 Å². The molecule has 2 heteroatoms. The van der Waals surface area contributed by atoms with Crippen molar-refractivity contribution in [2.24, 2.45) is 0 Å². The summed E-state index contributed by atoms with van der Waals surface area (Å²) in [6.45, 7) is 6.93. The van der Waals surface area contributed by atoms with Gasteiger partial charge in [-0.25, -0.2) is 0 Å². The lowest BCUT2D eigenvalue weighted by atomic mass is 10.1. The normalized spacial score (nSPS) is 19.6. The van der Waals surface area contributed by atoms with Crippen LogP contribution in [0.5, 0.6) is 0 Å². The van der Waals surface area contributed by atoms with Crippen LogP contribution in [0.15, 0.2) is 12.3 Å². The zero-order valence-corrected chi connectivity index (χ0v) is 8.13. The molecule has 1 aliphatic heterocycles.